The Balaban J connectivity index is 1.38. The number of aryl methyl sites for hydroxylation is 2. The fourth-order valence-electron chi connectivity index (χ4n) is 3.83. The number of amides is 1. The number of hydrogen-bond acceptors (Lipinski definition) is 7. The summed E-state index contributed by atoms with van der Waals surface area (Å²) in [7, 11) is -4.07. The third kappa shape index (κ3) is 6.36. The molecule has 202 valence electrons. The van der Waals surface area contributed by atoms with Crippen LogP contribution in [-0.4, -0.2) is 31.1 Å². The van der Waals surface area contributed by atoms with Crippen LogP contribution in [0.15, 0.2) is 108 Å². The van der Waals surface area contributed by atoms with Gasteiger partial charge in [0.25, 0.3) is 10.0 Å². The fourth-order valence-corrected chi connectivity index (χ4v) is 6.02. The number of para-hydroxylation sites is 1. The molecule has 0 atom stereocenters. The summed E-state index contributed by atoms with van der Waals surface area (Å²) >= 11 is 1.21. The highest BCUT2D eigenvalue weighted by Crippen LogP contribution is 2.29. The Hall–Kier alpha value is -4.54. The van der Waals surface area contributed by atoms with Crippen molar-refractivity contribution < 1.29 is 17.9 Å². The predicted octanol–water partition coefficient (Wildman–Crippen LogP) is 6.45. The van der Waals surface area contributed by atoms with Gasteiger partial charge < -0.3 is 4.74 Å². The number of nitrogens with one attached hydrogen (secondary N) is 1. The molecule has 0 unspecified atom stereocenters. The molecule has 40 heavy (non-hydrogen) atoms. The standard InChI is InChI=1S/C30H26N4O4S2/c1-21-8-12-23(13-9-21)29-32-33-30(39-29)31-28(35)20-34(40(36,37)27-18-10-22(2)11-19-27)24-14-16-26(17-15-24)38-25-6-4-3-5-7-25/h3-19H,20H2,1-2H3,(H,31,33,35). The molecule has 0 aliphatic heterocycles. The van der Waals surface area contributed by atoms with Crippen LogP contribution in [0.4, 0.5) is 10.8 Å². The second kappa shape index (κ2) is 11.7. The van der Waals surface area contributed by atoms with Crippen LogP contribution in [0.2, 0.25) is 0 Å². The number of rotatable bonds is 9. The van der Waals surface area contributed by atoms with Crippen molar-refractivity contribution in [2.75, 3.05) is 16.2 Å². The second-order valence-corrected chi connectivity index (χ2v) is 11.9. The van der Waals surface area contributed by atoms with Gasteiger partial charge in [-0.15, -0.1) is 10.2 Å². The van der Waals surface area contributed by atoms with E-state index in [1.807, 2.05) is 68.4 Å². The van der Waals surface area contributed by atoms with E-state index in [4.69, 9.17) is 4.74 Å². The minimum atomic E-state index is -4.07. The third-order valence-electron chi connectivity index (χ3n) is 5.97. The summed E-state index contributed by atoms with van der Waals surface area (Å²) in [4.78, 5) is 13.2. The maximum atomic E-state index is 13.7. The van der Waals surface area contributed by atoms with Gasteiger partial charge in [0.2, 0.25) is 11.0 Å². The average Bonchev–Trinajstić information content (AvgIpc) is 3.42. The smallest absolute Gasteiger partial charge is 0.264 e. The molecule has 0 fully saturated rings. The van der Waals surface area contributed by atoms with Crippen LogP contribution in [0.5, 0.6) is 11.5 Å². The quantitative estimate of drug-likeness (QED) is 0.219. The van der Waals surface area contributed by atoms with E-state index < -0.39 is 22.5 Å². The van der Waals surface area contributed by atoms with Gasteiger partial charge in [-0.05, 0) is 62.4 Å². The summed E-state index contributed by atoms with van der Waals surface area (Å²) in [6, 6.07) is 30.1. The molecule has 5 rings (SSSR count). The van der Waals surface area contributed by atoms with Gasteiger partial charge in [0, 0.05) is 5.56 Å². The number of carbonyl (C=O) groups is 1. The van der Waals surface area contributed by atoms with E-state index in [-0.39, 0.29) is 10.0 Å². The molecule has 1 amide bonds. The zero-order valence-electron chi connectivity index (χ0n) is 21.8. The van der Waals surface area contributed by atoms with Crippen molar-refractivity contribution in [3.05, 3.63) is 114 Å². The third-order valence-corrected chi connectivity index (χ3v) is 8.65. The van der Waals surface area contributed by atoms with Gasteiger partial charge in [-0.25, -0.2) is 8.42 Å². The predicted molar refractivity (Wildman–Crippen MR) is 157 cm³/mol. The molecular formula is C30H26N4O4S2. The second-order valence-electron chi connectivity index (χ2n) is 9.06. The molecule has 0 bridgehead atoms. The first-order valence-electron chi connectivity index (χ1n) is 12.4. The summed E-state index contributed by atoms with van der Waals surface area (Å²) < 4.78 is 34.3. The zero-order chi connectivity index (χ0) is 28.1. The summed E-state index contributed by atoms with van der Waals surface area (Å²) in [6.07, 6.45) is 0. The van der Waals surface area contributed by atoms with Crippen LogP contribution in [0.3, 0.4) is 0 Å². The van der Waals surface area contributed by atoms with E-state index >= 15 is 0 Å². The Morgan fingerprint density at radius 3 is 2.05 bits per heavy atom. The van der Waals surface area contributed by atoms with Crippen molar-refractivity contribution in [2.24, 2.45) is 0 Å². The zero-order valence-corrected chi connectivity index (χ0v) is 23.4. The van der Waals surface area contributed by atoms with Gasteiger partial charge in [-0.2, -0.15) is 0 Å². The number of anilines is 2. The molecule has 4 aromatic carbocycles. The van der Waals surface area contributed by atoms with E-state index in [1.54, 1.807) is 36.4 Å². The summed E-state index contributed by atoms with van der Waals surface area (Å²) in [5, 5.41) is 11.9. The van der Waals surface area contributed by atoms with Gasteiger partial charge in [-0.3, -0.25) is 14.4 Å². The molecule has 1 aromatic heterocycles. The van der Waals surface area contributed by atoms with Gasteiger partial charge >= 0.3 is 0 Å². The average molecular weight is 571 g/mol. The molecule has 8 nitrogen and oxygen atoms in total. The summed E-state index contributed by atoms with van der Waals surface area (Å²) in [6.45, 7) is 3.41. The van der Waals surface area contributed by atoms with Crippen LogP contribution in [0.1, 0.15) is 11.1 Å². The Kier molecular flexibility index (Phi) is 7.90. The SMILES string of the molecule is Cc1ccc(-c2nnc(NC(=O)CN(c3ccc(Oc4ccccc4)cc3)S(=O)(=O)c3ccc(C)cc3)s2)cc1. The lowest BCUT2D eigenvalue weighted by Crippen LogP contribution is -2.38. The fraction of sp³-hybridized carbons (Fsp3) is 0.100. The lowest BCUT2D eigenvalue weighted by Gasteiger charge is -2.24. The van der Waals surface area contributed by atoms with E-state index in [9.17, 15) is 13.2 Å². The molecule has 0 radical (unpaired) electrons. The molecule has 0 saturated heterocycles. The number of sulfonamides is 1. The van der Waals surface area contributed by atoms with Gasteiger partial charge in [-0.1, -0.05) is 77.1 Å². The molecule has 0 spiro atoms. The molecule has 0 saturated carbocycles. The van der Waals surface area contributed by atoms with Crippen molar-refractivity contribution in [1.29, 1.82) is 0 Å². The van der Waals surface area contributed by atoms with Crippen LogP contribution in [-0.2, 0) is 14.8 Å². The first-order chi connectivity index (χ1) is 19.3. The molecule has 10 heteroatoms. The summed E-state index contributed by atoms with van der Waals surface area (Å²) in [5.41, 5.74) is 3.24. The van der Waals surface area contributed by atoms with Crippen LogP contribution in [0, 0.1) is 13.8 Å². The van der Waals surface area contributed by atoms with Crippen LogP contribution in [0.25, 0.3) is 10.6 Å². The largest absolute Gasteiger partial charge is 0.457 e. The summed E-state index contributed by atoms with van der Waals surface area (Å²) in [5.74, 6) is 0.636. The van der Waals surface area contributed by atoms with Gasteiger partial charge in [0.15, 0.2) is 0 Å². The highest BCUT2D eigenvalue weighted by Gasteiger charge is 2.28. The number of nitrogens with zero attached hydrogens (tertiary/aromatic N) is 3. The minimum Gasteiger partial charge on any atom is -0.457 e. The number of hydrogen-bond donors (Lipinski definition) is 1. The number of aromatic nitrogens is 2. The number of carbonyl (C=O) groups excluding carboxylic acids is 1. The van der Waals surface area contributed by atoms with Crippen molar-refractivity contribution in [3.8, 4) is 22.1 Å². The first kappa shape index (κ1) is 27.0. The Labute approximate surface area is 237 Å². The van der Waals surface area contributed by atoms with E-state index in [0.29, 0.717) is 22.2 Å². The Bertz CT molecular complexity index is 1700. The molecule has 1 heterocycles. The highest BCUT2D eigenvalue weighted by atomic mass is 32.2. The van der Waals surface area contributed by atoms with Gasteiger partial charge in [0.05, 0.1) is 10.6 Å². The maximum Gasteiger partial charge on any atom is 0.264 e. The van der Waals surface area contributed by atoms with Crippen molar-refractivity contribution in [1.82, 2.24) is 10.2 Å². The van der Waals surface area contributed by atoms with E-state index in [0.717, 1.165) is 21.0 Å². The topological polar surface area (TPSA) is 101 Å². The molecule has 1 N–H and O–H groups in total. The van der Waals surface area contributed by atoms with Crippen molar-refractivity contribution in [3.63, 3.8) is 0 Å². The Morgan fingerprint density at radius 1 is 0.800 bits per heavy atom. The lowest BCUT2D eigenvalue weighted by atomic mass is 10.2. The molecule has 0 aliphatic rings. The monoisotopic (exact) mass is 570 g/mol. The normalized spacial score (nSPS) is 11.2. The van der Waals surface area contributed by atoms with Crippen molar-refractivity contribution in [2.45, 2.75) is 18.7 Å². The first-order valence-corrected chi connectivity index (χ1v) is 14.7. The molecular weight excluding hydrogens is 544 g/mol. The van der Waals surface area contributed by atoms with Gasteiger partial charge in [0.1, 0.15) is 23.1 Å². The maximum absolute atomic E-state index is 13.7. The molecule has 5 aromatic rings. The molecule has 0 aliphatic carbocycles. The number of ether oxygens (including phenoxy) is 1. The highest BCUT2D eigenvalue weighted by molar-refractivity contribution is 7.92. The minimum absolute atomic E-state index is 0.0769. The lowest BCUT2D eigenvalue weighted by molar-refractivity contribution is -0.114. The Morgan fingerprint density at radius 2 is 1.40 bits per heavy atom. The van der Waals surface area contributed by atoms with Crippen LogP contribution >= 0.6 is 11.3 Å². The van der Waals surface area contributed by atoms with E-state index in [2.05, 4.69) is 15.5 Å². The van der Waals surface area contributed by atoms with Crippen molar-refractivity contribution >= 4 is 38.1 Å². The van der Waals surface area contributed by atoms with Crippen LogP contribution < -0.4 is 14.4 Å². The van der Waals surface area contributed by atoms with E-state index in [1.165, 1.54) is 23.5 Å². The number of benzene rings is 4.